The van der Waals surface area contributed by atoms with Crippen LogP contribution in [-0.2, 0) is 69.4 Å². The van der Waals surface area contributed by atoms with Crippen molar-refractivity contribution in [1.29, 1.82) is 0 Å². The molecule has 616 valence electrons. The van der Waals surface area contributed by atoms with Crippen molar-refractivity contribution >= 4 is 84.8 Å². The molecule has 3 N–H and O–H groups in total. The second-order valence-electron chi connectivity index (χ2n) is 33.3. The maximum absolute atomic E-state index is 13.6. The maximum Gasteiger partial charge on any atom is 0.413 e. The number of nitrogens with one attached hydrogen (secondary N) is 3. The number of rotatable bonds is 24. The Balaban J connectivity index is 0.000000174. The van der Waals surface area contributed by atoms with E-state index < -0.39 is 12.2 Å². The Labute approximate surface area is 701 Å². The van der Waals surface area contributed by atoms with E-state index in [1.54, 1.807) is 32.6 Å². The zero-order valence-electron chi connectivity index (χ0n) is 70.6. The zero-order chi connectivity index (χ0) is 85.1. The number of anilines is 3. The molecule has 0 radical (unpaired) electrons. The second-order valence-corrected chi connectivity index (χ2v) is 36.4. The first kappa shape index (κ1) is 87.4. The summed E-state index contributed by atoms with van der Waals surface area (Å²) >= 11 is 3.89. The van der Waals surface area contributed by atoms with Crippen LogP contribution in [0.25, 0.3) is 48.8 Å². The lowest BCUT2D eigenvalue weighted by atomic mass is 9.84. The fourth-order valence-electron chi connectivity index (χ4n) is 13.2. The average Bonchev–Trinajstić information content (AvgIpc) is 1.78. The summed E-state index contributed by atoms with van der Waals surface area (Å²) in [6.45, 7) is 31.7. The van der Waals surface area contributed by atoms with Gasteiger partial charge in [-0.3, -0.25) is 34.7 Å². The quantitative estimate of drug-likeness (QED) is 0.0474. The smallest absolute Gasteiger partial charge is 0.413 e. The van der Waals surface area contributed by atoms with Gasteiger partial charge in [-0.05, 0) is 212 Å². The Morgan fingerprint density at radius 3 is 1.04 bits per heavy atom. The van der Waals surface area contributed by atoms with E-state index in [1.807, 2.05) is 146 Å². The van der Waals surface area contributed by atoms with Crippen molar-refractivity contribution in [1.82, 2.24) is 74.6 Å². The van der Waals surface area contributed by atoms with Crippen LogP contribution in [0.1, 0.15) is 180 Å². The fraction of sp³-hybridized carbons (Fsp3) is 0.360. The second kappa shape index (κ2) is 37.9. The van der Waals surface area contributed by atoms with E-state index >= 15 is 0 Å². The SMILES string of the molecule is CC(=O)Nc1ncc(-c2cn(-c3cc(CC(=O)c4cc(CN(C)C)cc(C(C)(C)C)c4)ccc3C)nn2)s1.COC(=O)Nc1ncc(-c2cn(-c3cc(CC(=O)c4cc(CN(C)C)cc(C(C)(C)C)c4)ccc3C)nn2)s1.COC(=O)Nc1ncc(-c2cn(-c3cc(CC(=O)c4cc(CN5CCCC5)cc(C(C)(C)C)c4)ccc3C)nn2)s1. The number of nitrogens with zero attached hydrogens (tertiary/aromatic N) is 15. The van der Waals surface area contributed by atoms with E-state index in [0.29, 0.717) is 45.3 Å². The van der Waals surface area contributed by atoms with Gasteiger partial charge in [0.15, 0.2) is 32.7 Å². The molecule has 3 amide bonds. The molecule has 0 atom stereocenters. The van der Waals surface area contributed by atoms with Gasteiger partial charge in [0, 0.05) is 81.1 Å². The number of aromatic nitrogens is 12. The van der Waals surface area contributed by atoms with Crippen molar-refractivity contribution in [2.75, 3.05) is 71.5 Å². The number of hydrogen-bond donors (Lipinski definition) is 3. The van der Waals surface area contributed by atoms with Gasteiger partial charge in [-0.1, -0.05) is 167 Å². The molecule has 29 heteroatoms. The number of carbonyl (C=O) groups excluding carboxylic acids is 6. The minimum absolute atomic E-state index is 0.0495. The summed E-state index contributed by atoms with van der Waals surface area (Å²) in [6, 6.07) is 36.8. The first-order valence-corrected chi connectivity index (χ1v) is 41.3. The van der Waals surface area contributed by atoms with Crippen molar-refractivity contribution in [3.8, 4) is 48.8 Å². The Hall–Kier alpha value is -11.5. The minimum atomic E-state index is -0.583. The number of Topliss-reactive ketones (excluding diaryl/α,β-unsaturated/α-hetero) is 3. The molecule has 6 aromatic carbocycles. The fourth-order valence-corrected chi connectivity index (χ4v) is 15.5. The number of methoxy groups -OCH3 is 2. The molecule has 118 heavy (non-hydrogen) atoms. The van der Waals surface area contributed by atoms with Gasteiger partial charge in [-0.2, -0.15) is 0 Å². The molecular weight excluding hydrogens is 1550 g/mol. The topological polar surface area (TPSA) is 297 Å². The molecule has 0 aliphatic carbocycles. The van der Waals surface area contributed by atoms with Crippen molar-refractivity contribution in [2.24, 2.45) is 0 Å². The van der Waals surface area contributed by atoms with Crippen LogP contribution in [0.15, 0.2) is 146 Å². The number of amides is 3. The van der Waals surface area contributed by atoms with Crippen LogP contribution >= 0.6 is 34.0 Å². The highest BCUT2D eigenvalue weighted by molar-refractivity contribution is 7.19. The summed E-state index contributed by atoms with van der Waals surface area (Å²) < 4.78 is 14.4. The largest absolute Gasteiger partial charge is 0.453 e. The standard InChI is InChI=1S/C31H36N6O3S.C29H34N6O3S.C29H34N6O2S/c1-20-8-9-21(14-26(20)37-19-25(34-35-37)28-17-32-29(41-28)33-30(39)40-5)15-27(38)23-12-22(18-36-10-6-7-11-36)13-24(16-23)31(2,3)4;1-18-8-9-19(13-25(36)21-10-20(16-34(5)6)11-22(14-21)29(2,3)4)12-24(18)35-17-23(32-33-35)26-15-30-27(39-26)31-28(37)38-7;1-18-8-9-20(13-26(37)22-10-21(16-34(6)7)11-23(14-22)29(3,4)5)12-25(18)35-17-24(32-33-35)27-15-30-28(38-27)31-19(2)36/h8-9,12-14,16-17,19H,6-7,10-11,15,18H2,1-5H3,(H,32,33,39);8-12,14-15,17H,13,16H2,1-7H3,(H,30,31,37);8-12,14-15,17H,13,16H2,1-7H3,(H,30,31,36). The Morgan fingerprint density at radius 2 is 0.737 bits per heavy atom. The number of thiazole rings is 3. The molecule has 1 aliphatic rings. The predicted octanol–water partition coefficient (Wildman–Crippen LogP) is 17.3. The van der Waals surface area contributed by atoms with E-state index in [2.05, 4.69) is 179 Å². The van der Waals surface area contributed by atoms with E-state index in [1.165, 1.54) is 79.1 Å². The molecule has 0 unspecified atom stereocenters. The Kier molecular flexibility index (Phi) is 28.0. The summed E-state index contributed by atoms with van der Waals surface area (Å²) in [4.78, 5) is 96.4. The predicted molar refractivity (Wildman–Crippen MR) is 467 cm³/mol. The summed E-state index contributed by atoms with van der Waals surface area (Å²) in [5.74, 6) is 0.0876. The number of ketones is 3. The minimum Gasteiger partial charge on any atom is -0.453 e. The normalized spacial score (nSPS) is 12.4. The van der Waals surface area contributed by atoms with E-state index in [-0.39, 0.29) is 45.9 Å². The van der Waals surface area contributed by atoms with Gasteiger partial charge < -0.3 is 24.6 Å². The van der Waals surface area contributed by atoms with Crippen LogP contribution in [0.3, 0.4) is 0 Å². The Morgan fingerprint density at radius 1 is 0.424 bits per heavy atom. The monoisotopic (exact) mass is 1650 g/mol. The molecule has 1 saturated heterocycles. The highest BCUT2D eigenvalue weighted by Crippen LogP contribution is 2.35. The van der Waals surface area contributed by atoms with Gasteiger partial charge in [0.25, 0.3) is 0 Å². The van der Waals surface area contributed by atoms with Gasteiger partial charge in [-0.15, -0.1) is 15.3 Å². The molecule has 13 rings (SSSR count). The van der Waals surface area contributed by atoms with Crippen LogP contribution in [0.4, 0.5) is 25.0 Å². The molecule has 1 aliphatic heterocycles. The number of ether oxygens (including phenoxy) is 2. The van der Waals surface area contributed by atoms with E-state index in [4.69, 9.17) is 0 Å². The lowest BCUT2D eigenvalue weighted by Gasteiger charge is -2.23. The van der Waals surface area contributed by atoms with Crippen LogP contribution in [-0.4, -0.2) is 166 Å². The zero-order valence-corrected chi connectivity index (χ0v) is 73.1. The number of benzene rings is 6. The molecular formula is C89H104N18O8S3. The lowest BCUT2D eigenvalue weighted by molar-refractivity contribution is -0.114. The van der Waals surface area contributed by atoms with Crippen LogP contribution < -0.4 is 16.0 Å². The van der Waals surface area contributed by atoms with Crippen molar-refractivity contribution in [3.05, 3.63) is 230 Å². The Bertz CT molecular complexity index is 5620. The summed E-state index contributed by atoms with van der Waals surface area (Å²) in [5.41, 5.74) is 19.2. The average molecular weight is 1650 g/mol. The molecule has 12 aromatic rings. The maximum atomic E-state index is 13.6. The van der Waals surface area contributed by atoms with Gasteiger partial charge in [0.05, 0.1) is 64.5 Å². The number of hydrogen-bond acceptors (Lipinski definition) is 23. The third-order valence-electron chi connectivity index (χ3n) is 19.6. The third kappa shape index (κ3) is 23.5. The molecule has 26 nitrogen and oxygen atoms in total. The number of carbonyl (C=O) groups is 6. The van der Waals surface area contributed by atoms with Gasteiger partial charge >= 0.3 is 12.2 Å². The van der Waals surface area contributed by atoms with E-state index in [9.17, 15) is 28.8 Å². The van der Waals surface area contributed by atoms with Crippen LogP contribution in [0, 0.1) is 20.8 Å². The van der Waals surface area contributed by atoms with E-state index in [0.717, 1.165) is 137 Å². The summed E-state index contributed by atoms with van der Waals surface area (Å²) in [5, 5.41) is 35.0. The first-order valence-electron chi connectivity index (χ1n) is 38.9. The highest BCUT2D eigenvalue weighted by atomic mass is 32.1. The van der Waals surface area contributed by atoms with Crippen LogP contribution in [0.2, 0.25) is 0 Å². The molecule has 7 heterocycles. The highest BCUT2D eigenvalue weighted by Gasteiger charge is 2.25. The third-order valence-corrected chi connectivity index (χ3v) is 22.4. The first-order chi connectivity index (χ1) is 55.9. The lowest BCUT2D eigenvalue weighted by Crippen LogP contribution is -2.20. The van der Waals surface area contributed by atoms with Crippen molar-refractivity contribution in [2.45, 2.75) is 158 Å². The van der Waals surface area contributed by atoms with Gasteiger partial charge in [-0.25, -0.2) is 38.6 Å². The molecule has 0 spiro atoms. The molecule has 0 saturated carbocycles. The van der Waals surface area contributed by atoms with Gasteiger partial charge in [0.2, 0.25) is 5.91 Å². The number of likely N-dealkylation sites (tertiary alicyclic amines) is 1. The molecule has 0 bridgehead atoms. The molecule has 1 fully saturated rings. The summed E-state index contributed by atoms with van der Waals surface area (Å²) in [7, 11) is 10.7. The number of aryl methyl sites for hydroxylation is 3. The van der Waals surface area contributed by atoms with Crippen molar-refractivity contribution < 1.29 is 38.2 Å². The van der Waals surface area contributed by atoms with Crippen LogP contribution in [0.5, 0.6) is 0 Å². The van der Waals surface area contributed by atoms with Crippen molar-refractivity contribution in [3.63, 3.8) is 0 Å². The van der Waals surface area contributed by atoms with Gasteiger partial charge in [0.1, 0.15) is 17.1 Å². The molecule has 6 aromatic heterocycles. The summed E-state index contributed by atoms with van der Waals surface area (Å²) in [6.07, 6.45) is 12.6.